The minimum absolute atomic E-state index is 0.696. The van der Waals surface area contributed by atoms with E-state index in [-0.39, 0.29) is 0 Å². The molecule has 1 rings (SSSR count). The first-order valence-electron chi connectivity index (χ1n) is 7.03. The Bertz CT molecular complexity index is 393. The molecule has 0 amide bonds. The van der Waals surface area contributed by atoms with Gasteiger partial charge in [0.1, 0.15) is 0 Å². The van der Waals surface area contributed by atoms with E-state index in [0.29, 0.717) is 13.2 Å². The predicted octanol–water partition coefficient (Wildman–Crippen LogP) is 2.82. The Morgan fingerprint density at radius 3 is 2.60 bits per heavy atom. The largest absolute Gasteiger partial charge is 0.380 e. The molecule has 4 nitrogen and oxygen atoms in total. The van der Waals surface area contributed by atoms with E-state index in [2.05, 4.69) is 22.5 Å². The molecular formula is C15H24ClN3O. The zero-order valence-electron chi connectivity index (χ0n) is 12.3. The molecule has 0 fully saturated rings. The number of hydrogen-bond donors (Lipinski definition) is 2. The highest BCUT2D eigenvalue weighted by Crippen LogP contribution is 2.08. The molecule has 1 aromatic rings. The molecule has 0 bridgehead atoms. The SMILES string of the molecule is CCCCOCCNC(=NC)NCc1ccc(Cl)cc1. The molecule has 0 saturated carbocycles. The third kappa shape index (κ3) is 7.36. The van der Waals surface area contributed by atoms with Crippen LogP contribution in [0.25, 0.3) is 0 Å². The first kappa shape index (κ1) is 16.8. The van der Waals surface area contributed by atoms with Gasteiger partial charge < -0.3 is 15.4 Å². The molecule has 0 aliphatic heterocycles. The van der Waals surface area contributed by atoms with Crippen molar-refractivity contribution in [3.8, 4) is 0 Å². The van der Waals surface area contributed by atoms with Gasteiger partial charge in [0.25, 0.3) is 0 Å². The van der Waals surface area contributed by atoms with Crippen LogP contribution in [0, 0.1) is 0 Å². The molecule has 0 aliphatic rings. The van der Waals surface area contributed by atoms with Crippen LogP contribution in [-0.2, 0) is 11.3 Å². The lowest BCUT2D eigenvalue weighted by molar-refractivity contribution is 0.136. The van der Waals surface area contributed by atoms with E-state index in [1.807, 2.05) is 24.3 Å². The summed E-state index contributed by atoms with van der Waals surface area (Å²) in [7, 11) is 1.76. The third-order valence-corrected chi connectivity index (χ3v) is 3.03. The summed E-state index contributed by atoms with van der Waals surface area (Å²) in [6.45, 7) is 5.15. The Labute approximate surface area is 126 Å². The first-order valence-corrected chi connectivity index (χ1v) is 7.40. The van der Waals surface area contributed by atoms with Gasteiger partial charge in [-0.05, 0) is 24.1 Å². The van der Waals surface area contributed by atoms with Crippen LogP contribution in [0.3, 0.4) is 0 Å². The van der Waals surface area contributed by atoms with Gasteiger partial charge in [-0.15, -0.1) is 0 Å². The van der Waals surface area contributed by atoms with Gasteiger partial charge in [0.15, 0.2) is 5.96 Å². The summed E-state index contributed by atoms with van der Waals surface area (Å²) in [4.78, 5) is 4.17. The van der Waals surface area contributed by atoms with Crippen molar-refractivity contribution in [2.45, 2.75) is 26.3 Å². The van der Waals surface area contributed by atoms with E-state index >= 15 is 0 Å². The maximum absolute atomic E-state index is 5.85. The minimum atomic E-state index is 0.696. The zero-order chi connectivity index (χ0) is 14.6. The molecular weight excluding hydrogens is 274 g/mol. The van der Waals surface area contributed by atoms with Crippen molar-refractivity contribution in [2.24, 2.45) is 4.99 Å². The number of halogens is 1. The quantitative estimate of drug-likeness (QED) is 0.441. The van der Waals surface area contributed by atoms with E-state index in [1.165, 1.54) is 0 Å². The Kier molecular flexibility index (Phi) is 8.83. The summed E-state index contributed by atoms with van der Waals surface area (Å²) in [5.41, 5.74) is 1.16. The highest BCUT2D eigenvalue weighted by molar-refractivity contribution is 6.30. The number of aliphatic imine (C=N–C) groups is 1. The standard InChI is InChI=1S/C15H24ClN3O/c1-3-4-10-20-11-9-18-15(17-2)19-12-13-5-7-14(16)8-6-13/h5-8H,3-4,9-12H2,1-2H3,(H2,17,18,19). The van der Waals surface area contributed by atoms with E-state index in [4.69, 9.17) is 16.3 Å². The summed E-state index contributed by atoms with van der Waals surface area (Å²) < 4.78 is 5.48. The van der Waals surface area contributed by atoms with Crippen molar-refractivity contribution in [3.05, 3.63) is 34.9 Å². The summed E-state index contributed by atoms with van der Waals surface area (Å²) >= 11 is 5.85. The van der Waals surface area contributed by atoms with Crippen molar-refractivity contribution in [1.29, 1.82) is 0 Å². The molecule has 2 N–H and O–H groups in total. The van der Waals surface area contributed by atoms with Crippen LogP contribution < -0.4 is 10.6 Å². The van der Waals surface area contributed by atoms with Crippen molar-refractivity contribution in [1.82, 2.24) is 10.6 Å². The molecule has 0 spiro atoms. The second-order valence-corrected chi connectivity index (χ2v) is 4.88. The number of rotatable bonds is 8. The molecule has 0 atom stereocenters. The summed E-state index contributed by atoms with van der Waals surface area (Å²) in [5, 5.41) is 7.21. The van der Waals surface area contributed by atoms with Gasteiger partial charge in [-0.3, -0.25) is 4.99 Å². The van der Waals surface area contributed by atoms with Crippen LogP contribution in [0.1, 0.15) is 25.3 Å². The molecule has 0 unspecified atom stereocenters. The van der Waals surface area contributed by atoms with E-state index < -0.39 is 0 Å². The maximum atomic E-state index is 5.85. The number of benzene rings is 1. The Balaban J connectivity index is 2.18. The lowest BCUT2D eigenvalue weighted by atomic mass is 10.2. The number of ether oxygens (including phenoxy) is 1. The Morgan fingerprint density at radius 2 is 1.95 bits per heavy atom. The summed E-state index contributed by atoms with van der Waals surface area (Å²) in [6, 6.07) is 7.76. The lowest BCUT2D eigenvalue weighted by Crippen LogP contribution is -2.38. The number of unbranched alkanes of at least 4 members (excludes halogenated alkanes) is 1. The second-order valence-electron chi connectivity index (χ2n) is 4.44. The molecule has 0 saturated heterocycles. The smallest absolute Gasteiger partial charge is 0.191 e. The maximum Gasteiger partial charge on any atom is 0.191 e. The Hall–Kier alpha value is -1.26. The van der Waals surface area contributed by atoms with Crippen LogP contribution in [0.5, 0.6) is 0 Å². The molecule has 20 heavy (non-hydrogen) atoms. The van der Waals surface area contributed by atoms with Gasteiger partial charge in [0.2, 0.25) is 0 Å². The highest BCUT2D eigenvalue weighted by Gasteiger charge is 1.98. The topological polar surface area (TPSA) is 45.6 Å². The normalized spacial score (nSPS) is 11.4. The minimum Gasteiger partial charge on any atom is -0.380 e. The number of guanidine groups is 1. The van der Waals surface area contributed by atoms with Crippen molar-refractivity contribution < 1.29 is 4.74 Å². The summed E-state index contributed by atoms with van der Waals surface area (Å²) in [6.07, 6.45) is 2.28. The second kappa shape index (κ2) is 10.5. The van der Waals surface area contributed by atoms with Crippen LogP contribution in [0.2, 0.25) is 5.02 Å². The zero-order valence-corrected chi connectivity index (χ0v) is 13.0. The summed E-state index contributed by atoms with van der Waals surface area (Å²) in [5.74, 6) is 0.777. The molecule has 112 valence electrons. The molecule has 0 aromatic heterocycles. The number of hydrogen-bond acceptors (Lipinski definition) is 2. The average molecular weight is 298 g/mol. The fourth-order valence-corrected chi connectivity index (χ4v) is 1.72. The fourth-order valence-electron chi connectivity index (χ4n) is 1.60. The van der Waals surface area contributed by atoms with Gasteiger partial charge in [-0.2, -0.15) is 0 Å². The van der Waals surface area contributed by atoms with Gasteiger partial charge in [0, 0.05) is 31.8 Å². The molecule has 5 heteroatoms. The molecule has 0 aliphatic carbocycles. The highest BCUT2D eigenvalue weighted by atomic mass is 35.5. The van der Waals surface area contributed by atoms with Crippen molar-refractivity contribution >= 4 is 17.6 Å². The molecule has 0 heterocycles. The average Bonchev–Trinajstić information content (AvgIpc) is 2.47. The molecule has 0 radical (unpaired) electrons. The predicted molar refractivity (Wildman–Crippen MR) is 85.4 cm³/mol. The van der Waals surface area contributed by atoms with Crippen molar-refractivity contribution in [2.75, 3.05) is 26.8 Å². The van der Waals surface area contributed by atoms with Gasteiger partial charge in [0.05, 0.1) is 6.61 Å². The van der Waals surface area contributed by atoms with Crippen LogP contribution in [0.15, 0.2) is 29.3 Å². The van der Waals surface area contributed by atoms with Gasteiger partial charge >= 0.3 is 0 Å². The van der Waals surface area contributed by atoms with Crippen LogP contribution in [-0.4, -0.2) is 32.8 Å². The van der Waals surface area contributed by atoms with Gasteiger partial charge in [-0.1, -0.05) is 37.1 Å². The Morgan fingerprint density at radius 1 is 1.20 bits per heavy atom. The van der Waals surface area contributed by atoms with Crippen molar-refractivity contribution in [3.63, 3.8) is 0 Å². The monoisotopic (exact) mass is 297 g/mol. The van der Waals surface area contributed by atoms with Crippen LogP contribution in [0.4, 0.5) is 0 Å². The lowest BCUT2D eigenvalue weighted by Gasteiger charge is -2.12. The van der Waals surface area contributed by atoms with Gasteiger partial charge in [-0.25, -0.2) is 0 Å². The number of nitrogens with one attached hydrogen (secondary N) is 2. The fraction of sp³-hybridized carbons (Fsp3) is 0.533. The van der Waals surface area contributed by atoms with E-state index in [0.717, 1.165) is 42.5 Å². The molecule has 1 aromatic carbocycles. The van der Waals surface area contributed by atoms with Crippen LogP contribution >= 0.6 is 11.6 Å². The van der Waals surface area contributed by atoms with E-state index in [9.17, 15) is 0 Å². The third-order valence-electron chi connectivity index (χ3n) is 2.78. The number of nitrogens with zero attached hydrogens (tertiary/aromatic N) is 1. The first-order chi connectivity index (χ1) is 9.76. The van der Waals surface area contributed by atoms with E-state index in [1.54, 1.807) is 7.05 Å².